The number of anilines is 1. The number of nitrogens with one attached hydrogen (secondary N) is 1. The quantitative estimate of drug-likeness (QED) is 0.794. The monoisotopic (exact) mass is 326 g/mol. The molecular formula is C17H15ClN4O. The fourth-order valence-corrected chi connectivity index (χ4v) is 3.05. The van der Waals surface area contributed by atoms with Gasteiger partial charge in [0.1, 0.15) is 5.69 Å². The molecule has 23 heavy (non-hydrogen) atoms. The van der Waals surface area contributed by atoms with Crippen molar-refractivity contribution >= 4 is 28.8 Å². The average molecular weight is 327 g/mol. The van der Waals surface area contributed by atoms with E-state index >= 15 is 0 Å². The predicted octanol–water partition coefficient (Wildman–Crippen LogP) is 3.90. The molecule has 1 aliphatic rings. The van der Waals surface area contributed by atoms with Gasteiger partial charge in [-0.15, -0.1) is 0 Å². The van der Waals surface area contributed by atoms with Gasteiger partial charge < -0.3 is 5.32 Å². The van der Waals surface area contributed by atoms with E-state index in [1.807, 2.05) is 22.7 Å². The SMILES string of the molecule is O=C(Nc1ccccc1Cl)c1cnc2cncc(C3CCC3)n12. The van der Waals surface area contributed by atoms with Gasteiger partial charge in [0.2, 0.25) is 0 Å². The fourth-order valence-electron chi connectivity index (χ4n) is 2.87. The number of nitrogens with zero attached hydrogens (tertiary/aromatic N) is 3. The lowest BCUT2D eigenvalue weighted by Crippen LogP contribution is -2.19. The summed E-state index contributed by atoms with van der Waals surface area (Å²) in [7, 11) is 0. The van der Waals surface area contributed by atoms with E-state index in [1.54, 1.807) is 24.5 Å². The van der Waals surface area contributed by atoms with Crippen LogP contribution in [0, 0.1) is 0 Å². The van der Waals surface area contributed by atoms with Crippen molar-refractivity contribution in [1.82, 2.24) is 14.4 Å². The number of hydrogen-bond acceptors (Lipinski definition) is 3. The molecule has 116 valence electrons. The van der Waals surface area contributed by atoms with Crippen molar-refractivity contribution in [1.29, 1.82) is 0 Å². The number of fused-ring (bicyclic) bond motifs is 1. The minimum Gasteiger partial charge on any atom is -0.319 e. The Hall–Kier alpha value is -2.40. The van der Waals surface area contributed by atoms with E-state index in [4.69, 9.17) is 11.6 Å². The van der Waals surface area contributed by atoms with Crippen LogP contribution in [0.2, 0.25) is 5.02 Å². The zero-order chi connectivity index (χ0) is 15.8. The molecular weight excluding hydrogens is 312 g/mol. The zero-order valence-electron chi connectivity index (χ0n) is 12.4. The number of imidazole rings is 1. The molecule has 3 aromatic rings. The van der Waals surface area contributed by atoms with Crippen LogP contribution in [0.15, 0.2) is 42.9 Å². The van der Waals surface area contributed by atoms with Gasteiger partial charge in [-0.05, 0) is 25.0 Å². The molecule has 0 bridgehead atoms. The van der Waals surface area contributed by atoms with Crippen LogP contribution in [0.25, 0.3) is 5.65 Å². The fraction of sp³-hybridized carbons (Fsp3) is 0.235. The van der Waals surface area contributed by atoms with Gasteiger partial charge in [-0.25, -0.2) is 4.98 Å². The molecule has 0 radical (unpaired) electrons. The Bertz CT molecular complexity index is 885. The molecule has 1 saturated carbocycles. The highest BCUT2D eigenvalue weighted by molar-refractivity contribution is 6.33. The van der Waals surface area contributed by atoms with E-state index in [0.717, 1.165) is 18.5 Å². The number of carbonyl (C=O) groups excluding carboxylic acids is 1. The van der Waals surface area contributed by atoms with Crippen molar-refractivity contribution in [3.8, 4) is 0 Å². The highest BCUT2D eigenvalue weighted by atomic mass is 35.5. The molecule has 1 aromatic carbocycles. The first kappa shape index (κ1) is 14.2. The van der Waals surface area contributed by atoms with E-state index in [9.17, 15) is 4.79 Å². The van der Waals surface area contributed by atoms with E-state index in [1.165, 1.54) is 6.42 Å². The zero-order valence-corrected chi connectivity index (χ0v) is 13.1. The summed E-state index contributed by atoms with van der Waals surface area (Å²) in [5, 5.41) is 3.36. The molecule has 0 atom stereocenters. The van der Waals surface area contributed by atoms with Gasteiger partial charge in [-0.2, -0.15) is 0 Å². The lowest BCUT2D eigenvalue weighted by atomic mass is 9.83. The molecule has 1 N–H and O–H groups in total. The van der Waals surface area contributed by atoms with Crippen molar-refractivity contribution < 1.29 is 4.79 Å². The van der Waals surface area contributed by atoms with Crippen LogP contribution >= 0.6 is 11.6 Å². The first-order valence-electron chi connectivity index (χ1n) is 7.61. The minimum absolute atomic E-state index is 0.225. The second-order valence-corrected chi connectivity index (χ2v) is 6.14. The van der Waals surface area contributed by atoms with Gasteiger partial charge >= 0.3 is 0 Å². The third-order valence-corrected chi connectivity index (χ3v) is 4.65. The second-order valence-electron chi connectivity index (χ2n) is 5.73. The number of amides is 1. The van der Waals surface area contributed by atoms with Crippen LogP contribution in [0.5, 0.6) is 0 Å². The summed E-state index contributed by atoms with van der Waals surface area (Å²) < 4.78 is 1.91. The maximum absolute atomic E-state index is 12.7. The summed E-state index contributed by atoms with van der Waals surface area (Å²) in [6.07, 6.45) is 8.58. The lowest BCUT2D eigenvalue weighted by Gasteiger charge is -2.26. The number of rotatable bonds is 3. The maximum atomic E-state index is 12.7. The highest BCUT2D eigenvalue weighted by Gasteiger charge is 2.25. The Kier molecular flexibility index (Phi) is 3.50. The van der Waals surface area contributed by atoms with Crippen LogP contribution < -0.4 is 5.32 Å². The Morgan fingerprint density at radius 2 is 2.04 bits per heavy atom. The first-order chi connectivity index (χ1) is 11.2. The van der Waals surface area contributed by atoms with Gasteiger partial charge in [-0.3, -0.25) is 14.2 Å². The molecule has 0 saturated heterocycles. The summed E-state index contributed by atoms with van der Waals surface area (Å²) in [6.45, 7) is 0. The van der Waals surface area contributed by atoms with Gasteiger partial charge in [0.15, 0.2) is 5.65 Å². The van der Waals surface area contributed by atoms with E-state index in [-0.39, 0.29) is 5.91 Å². The average Bonchev–Trinajstić information content (AvgIpc) is 2.93. The summed E-state index contributed by atoms with van der Waals surface area (Å²) in [6, 6.07) is 7.18. The number of carbonyl (C=O) groups is 1. The summed E-state index contributed by atoms with van der Waals surface area (Å²) in [4.78, 5) is 21.2. The number of halogens is 1. The molecule has 6 heteroatoms. The van der Waals surface area contributed by atoms with Crippen molar-refractivity contribution in [3.05, 3.63) is 59.3 Å². The van der Waals surface area contributed by atoms with E-state index < -0.39 is 0 Å². The minimum atomic E-state index is -0.225. The van der Waals surface area contributed by atoms with E-state index in [0.29, 0.717) is 28.0 Å². The normalized spacial score (nSPS) is 14.7. The summed E-state index contributed by atoms with van der Waals surface area (Å²) in [5.41, 5.74) is 2.84. The van der Waals surface area contributed by atoms with Crippen LogP contribution in [0.3, 0.4) is 0 Å². The van der Waals surface area contributed by atoms with Crippen LogP contribution in [0.1, 0.15) is 41.4 Å². The topological polar surface area (TPSA) is 59.3 Å². The van der Waals surface area contributed by atoms with Crippen LogP contribution in [-0.4, -0.2) is 20.3 Å². The number of para-hydroxylation sites is 1. The highest BCUT2D eigenvalue weighted by Crippen LogP contribution is 2.36. The predicted molar refractivity (Wildman–Crippen MR) is 89.0 cm³/mol. The summed E-state index contributed by atoms with van der Waals surface area (Å²) in [5.74, 6) is 0.227. The lowest BCUT2D eigenvalue weighted by molar-refractivity contribution is 0.102. The third kappa shape index (κ3) is 2.47. The Balaban J connectivity index is 1.74. The Labute approximate surface area is 138 Å². The van der Waals surface area contributed by atoms with Crippen molar-refractivity contribution in [2.45, 2.75) is 25.2 Å². The largest absolute Gasteiger partial charge is 0.319 e. The Morgan fingerprint density at radius 1 is 1.22 bits per heavy atom. The molecule has 1 amide bonds. The molecule has 1 aliphatic carbocycles. The standard InChI is InChI=1S/C17H15ClN4O/c18-12-6-1-2-7-13(12)21-17(23)15-9-20-16-10-19-8-14(22(15)16)11-4-3-5-11/h1-2,6-11H,3-5H2,(H,21,23). The molecule has 1 fully saturated rings. The molecule has 0 aliphatic heterocycles. The van der Waals surface area contributed by atoms with Crippen molar-refractivity contribution in [2.75, 3.05) is 5.32 Å². The number of benzene rings is 1. The maximum Gasteiger partial charge on any atom is 0.274 e. The molecule has 5 nitrogen and oxygen atoms in total. The van der Waals surface area contributed by atoms with Gasteiger partial charge in [0, 0.05) is 17.8 Å². The van der Waals surface area contributed by atoms with Gasteiger partial charge in [0.05, 0.1) is 23.1 Å². The van der Waals surface area contributed by atoms with Crippen LogP contribution in [-0.2, 0) is 0 Å². The first-order valence-corrected chi connectivity index (χ1v) is 7.99. The van der Waals surface area contributed by atoms with Crippen molar-refractivity contribution in [3.63, 3.8) is 0 Å². The van der Waals surface area contributed by atoms with E-state index in [2.05, 4.69) is 15.3 Å². The smallest absolute Gasteiger partial charge is 0.274 e. The number of aromatic nitrogens is 3. The van der Waals surface area contributed by atoms with Gasteiger partial charge in [0.25, 0.3) is 5.91 Å². The van der Waals surface area contributed by atoms with Crippen LogP contribution in [0.4, 0.5) is 5.69 Å². The van der Waals surface area contributed by atoms with Crippen molar-refractivity contribution in [2.24, 2.45) is 0 Å². The second kappa shape index (κ2) is 5.66. The number of hydrogen-bond donors (Lipinski definition) is 1. The Morgan fingerprint density at radius 3 is 2.78 bits per heavy atom. The molecule has 4 rings (SSSR count). The third-order valence-electron chi connectivity index (χ3n) is 4.32. The molecule has 0 spiro atoms. The molecule has 0 unspecified atom stereocenters. The molecule has 2 aromatic heterocycles. The van der Waals surface area contributed by atoms with Gasteiger partial charge in [-0.1, -0.05) is 30.2 Å². The summed E-state index contributed by atoms with van der Waals surface area (Å²) >= 11 is 6.11. The molecule has 2 heterocycles.